The van der Waals surface area contributed by atoms with E-state index >= 15 is 0 Å². The predicted octanol–water partition coefficient (Wildman–Crippen LogP) is 4.61. The minimum absolute atomic E-state index is 0.00947. The summed E-state index contributed by atoms with van der Waals surface area (Å²) in [6.45, 7) is 0.784. The lowest BCUT2D eigenvalue weighted by atomic mass is 10.2. The number of aromatic nitrogens is 5. The number of benzene rings is 1. The topological polar surface area (TPSA) is 88.8 Å². The number of hydrogen-bond donors (Lipinski definition) is 1. The van der Waals surface area contributed by atoms with Crippen LogP contribution in [0, 0.1) is 11.8 Å². The summed E-state index contributed by atoms with van der Waals surface area (Å²) in [4.78, 5) is 25.1. The Morgan fingerprint density at radius 2 is 1.86 bits per heavy atom. The van der Waals surface area contributed by atoms with Crippen LogP contribution in [0.1, 0.15) is 12.1 Å². The quantitative estimate of drug-likeness (QED) is 0.403. The Hall–Kier alpha value is -4.24. The first kappa shape index (κ1) is 24.9. The van der Waals surface area contributed by atoms with E-state index in [1.165, 1.54) is 24.6 Å². The van der Waals surface area contributed by atoms with Crippen LogP contribution in [0.25, 0.3) is 22.0 Å². The monoisotopic (exact) mass is 511 g/mol. The summed E-state index contributed by atoms with van der Waals surface area (Å²) in [6.07, 6.45) is -2.15. The van der Waals surface area contributed by atoms with Gasteiger partial charge in [-0.15, -0.1) is 11.3 Å². The lowest BCUT2D eigenvalue weighted by molar-refractivity contribution is -0.143. The van der Waals surface area contributed by atoms with Gasteiger partial charge in [0.1, 0.15) is 16.4 Å². The molecule has 3 aromatic heterocycles. The Morgan fingerprint density at radius 3 is 2.50 bits per heavy atom. The highest BCUT2D eigenvalue weighted by Crippen LogP contribution is 2.31. The molecule has 0 radical (unpaired) electrons. The molecular weight excluding hydrogens is 491 g/mol. The van der Waals surface area contributed by atoms with Crippen LogP contribution in [0.15, 0.2) is 54.0 Å². The van der Waals surface area contributed by atoms with Crippen molar-refractivity contribution in [2.75, 3.05) is 18.9 Å². The number of thiazole rings is 1. The van der Waals surface area contributed by atoms with E-state index in [1.54, 1.807) is 18.0 Å². The minimum atomic E-state index is -4.49. The summed E-state index contributed by atoms with van der Waals surface area (Å²) in [5.41, 5.74) is 1.35. The Kier molecular flexibility index (Phi) is 7.30. The fourth-order valence-electron chi connectivity index (χ4n) is 3.13. The maximum absolute atomic E-state index is 12.9. The molecule has 1 aromatic carbocycles. The zero-order chi connectivity index (χ0) is 25.7. The van der Waals surface area contributed by atoms with E-state index in [2.05, 4.69) is 37.2 Å². The number of carbonyl (C=O) groups is 1. The fraction of sp³-hybridized carbons (Fsp3) is 0.208. The predicted molar refractivity (Wildman–Crippen MR) is 130 cm³/mol. The van der Waals surface area contributed by atoms with Gasteiger partial charge in [-0.05, 0) is 12.0 Å². The molecule has 4 heterocycles. The molecule has 8 nitrogen and oxygen atoms in total. The van der Waals surface area contributed by atoms with Crippen molar-refractivity contribution in [3.8, 4) is 33.8 Å². The number of alkyl halides is 3. The number of halogens is 3. The van der Waals surface area contributed by atoms with Gasteiger partial charge in [0.05, 0.1) is 5.69 Å². The van der Waals surface area contributed by atoms with Gasteiger partial charge in [-0.1, -0.05) is 36.3 Å². The van der Waals surface area contributed by atoms with Gasteiger partial charge in [0, 0.05) is 50.3 Å². The van der Waals surface area contributed by atoms with Crippen LogP contribution < -0.4 is 5.32 Å². The highest BCUT2D eigenvalue weighted by molar-refractivity contribution is 7.13. The molecule has 0 saturated carbocycles. The van der Waals surface area contributed by atoms with Crippen LogP contribution >= 0.6 is 11.3 Å². The standard InChI is InChI=1S/C18H13F3N6S.C6H7NO/c1-27-14(18(19,20)21)9-15(26-27)25-17-22-8-7-12(24-17)13-10-28-16(23-13)11-5-3-2-4-6-11;1-7-5-3-2-4-6(7)8/h2-10H,1H3,(H,22,24,25,26);3,5H2,1H3. The summed E-state index contributed by atoms with van der Waals surface area (Å²) >= 11 is 1.48. The van der Waals surface area contributed by atoms with Crippen molar-refractivity contribution in [3.63, 3.8) is 0 Å². The molecular formula is C24H20F3N7OS. The van der Waals surface area contributed by atoms with Crippen molar-refractivity contribution in [1.29, 1.82) is 0 Å². The first-order valence-corrected chi connectivity index (χ1v) is 11.6. The number of anilines is 2. The van der Waals surface area contributed by atoms with Gasteiger partial charge in [-0.2, -0.15) is 18.3 Å². The van der Waals surface area contributed by atoms with Crippen molar-refractivity contribution < 1.29 is 18.0 Å². The van der Waals surface area contributed by atoms with Gasteiger partial charge in [0.15, 0.2) is 5.82 Å². The highest BCUT2D eigenvalue weighted by Gasteiger charge is 2.35. The SMILES string of the molecule is CN1CCC#CC1=O.Cn1nc(Nc2nccc(-c3csc(-c4ccccc4)n3)n2)cc1C(F)(F)F. The van der Waals surface area contributed by atoms with Gasteiger partial charge in [0.25, 0.3) is 5.91 Å². The summed E-state index contributed by atoms with van der Waals surface area (Å²) in [7, 11) is 2.99. The second-order valence-electron chi connectivity index (χ2n) is 7.61. The zero-order valence-electron chi connectivity index (χ0n) is 19.2. The second-order valence-corrected chi connectivity index (χ2v) is 8.47. The summed E-state index contributed by atoms with van der Waals surface area (Å²) in [6, 6.07) is 12.3. The van der Waals surface area contributed by atoms with Gasteiger partial charge < -0.3 is 10.2 Å². The van der Waals surface area contributed by atoms with E-state index < -0.39 is 11.9 Å². The van der Waals surface area contributed by atoms with Crippen LogP contribution in [0.5, 0.6) is 0 Å². The number of aryl methyl sites for hydroxylation is 1. The third-order valence-corrected chi connectivity index (χ3v) is 5.86. The van der Waals surface area contributed by atoms with Crippen LogP contribution in [0.4, 0.5) is 24.9 Å². The van der Waals surface area contributed by atoms with Crippen molar-refractivity contribution >= 4 is 29.0 Å². The number of amides is 1. The number of rotatable bonds is 4. The maximum Gasteiger partial charge on any atom is 0.433 e. The van der Waals surface area contributed by atoms with Crippen LogP contribution in [-0.4, -0.2) is 49.1 Å². The van der Waals surface area contributed by atoms with Gasteiger partial charge >= 0.3 is 6.18 Å². The van der Waals surface area contributed by atoms with Gasteiger partial charge in [0.2, 0.25) is 5.95 Å². The average molecular weight is 512 g/mol. The van der Waals surface area contributed by atoms with Crippen molar-refractivity contribution in [3.05, 3.63) is 59.7 Å². The van der Waals surface area contributed by atoms with E-state index in [9.17, 15) is 18.0 Å². The Morgan fingerprint density at radius 1 is 1.08 bits per heavy atom. The molecule has 0 atom stereocenters. The molecule has 0 saturated heterocycles. The molecule has 0 fully saturated rings. The lowest BCUT2D eigenvalue weighted by Crippen LogP contribution is -2.28. The van der Waals surface area contributed by atoms with Crippen LogP contribution in [0.2, 0.25) is 0 Å². The molecule has 0 aliphatic carbocycles. The Labute approximate surface area is 208 Å². The summed E-state index contributed by atoms with van der Waals surface area (Å²) in [5.74, 6) is 5.28. The minimum Gasteiger partial charge on any atom is -0.334 e. The van der Waals surface area contributed by atoms with E-state index in [1.807, 2.05) is 35.7 Å². The van der Waals surface area contributed by atoms with Crippen molar-refractivity contribution in [2.45, 2.75) is 12.6 Å². The van der Waals surface area contributed by atoms with E-state index in [0.29, 0.717) is 11.4 Å². The van der Waals surface area contributed by atoms with Gasteiger partial charge in [-0.3, -0.25) is 9.48 Å². The van der Waals surface area contributed by atoms with Crippen molar-refractivity contribution in [2.24, 2.45) is 7.05 Å². The third-order valence-electron chi connectivity index (χ3n) is 4.97. The molecule has 0 bridgehead atoms. The molecule has 5 rings (SSSR count). The largest absolute Gasteiger partial charge is 0.433 e. The number of hydrogen-bond acceptors (Lipinski definition) is 7. The molecule has 1 amide bonds. The molecule has 1 N–H and O–H groups in total. The van der Waals surface area contributed by atoms with E-state index in [4.69, 9.17) is 0 Å². The molecule has 36 heavy (non-hydrogen) atoms. The Bertz CT molecular complexity index is 1420. The van der Waals surface area contributed by atoms with Crippen molar-refractivity contribution in [1.82, 2.24) is 29.6 Å². The number of nitrogens with zero attached hydrogens (tertiary/aromatic N) is 6. The van der Waals surface area contributed by atoms with E-state index in [0.717, 1.165) is 34.3 Å². The molecule has 0 unspecified atom stereocenters. The first-order valence-electron chi connectivity index (χ1n) is 10.7. The van der Waals surface area contributed by atoms with Crippen LogP contribution in [-0.2, 0) is 18.0 Å². The fourth-order valence-corrected chi connectivity index (χ4v) is 3.95. The molecule has 1 aliphatic heterocycles. The third kappa shape index (κ3) is 6.05. The second kappa shape index (κ2) is 10.6. The average Bonchev–Trinajstić information content (AvgIpc) is 3.49. The van der Waals surface area contributed by atoms with Crippen LogP contribution in [0.3, 0.4) is 0 Å². The lowest BCUT2D eigenvalue weighted by Gasteiger charge is -2.13. The molecule has 184 valence electrons. The Balaban J connectivity index is 0.000000325. The summed E-state index contributed by atoms with van der Waals surface area (Å²) in [5, 5.41) is 9.24. The van der Waals surface area contributed by atoms with E-state index in [-0.39, 0.29) is 17.7 Å². The van der Waals surface area contributed by atoms with Gasteiger partial charge in [-0.25, -0.2) is 15.0 Å². The molecule has 0 spiro atoms. The maximum atomic E-state index is 12.9. The molecule has 1 aliphatic rings. The number of nitrogens with one attached hydrogen (secondary N) is 1. The zero-order valence-corrected chi connectivity index (χ0v) is 20.1. The smallest absolute Gasteiger partial charge is 0.334 e. The molecule has 12 heteroatoms. The number of carbonyl (C=O) groups excluding carboxylic acids is 1. The summed E-state index contributed by atoms with van der Waals surface area (Å²) < 4.78 is 39.5. The first-order chi connectivity index (χ1) is 17.2. The highest BCUT2D eigenvalue weighted by atomic mass is 32.1. The molecule has 4 aromatic rings. The normalized spacial score (nSPS) is 12.9.